The van der Waals surface area contributed by atoms with Gasteiger partial charge in [0.05, 0.1) is 11.6 Å². The van der Waals surface area contributed by atoms with Crippen molar-refractivity contribution in [2.45, 2.75) is 32.4 Å². The van der Waals surface area contributed by atoms with Gasteiger partial charge in [0.25, 0.3) is 0 Å². The van der Waals surface area contributed by atoms with Crippen LogP contribution in [0.1, 0.15) is 32.4 Å². The Hall–Kier alpha value is -1.13. The first-order valence-corrected chi connectivity index (χ1v) is 5.65. The monoisotopic (exact) mass is 258 g/mol. The third-order valence-electron chi connectivity index (χ3n) is 2.37. The number of rotatable bonds is 3. The Balaban J connectivity index is 2.91. The van der Waals surface area contributed by atoms with Crippen molar-refractivity contribution in [2.24, 2.45) is 5.73 Å². The molecule has 1 unspecified atom stereocenters. The average Bonchev–Trinajstić information content (AvgIpc) is 2.15. The van der Waals surface area contributed by atoms with Crippen LogP contribution in [-0.2, 0) is 4.79 Å². The number of hydrogen-bond donors (Lipinski definition) is 2. The van der Waals surface area contributed by atoms with E-state index in [-0.39, 0.29) is 16.5 Å². The van der Waals surface area contributed by atoms with Crippen LogP contribution in [0.2, 0.25) is 5.02 Å². The lowest BCUT2D eigenvalue weighted by Gasteiger charge is -2.22. The first-order valence-electron chi connectivity index (χ1n) is 5.27. The second kappa shape index (κ2) is 5.02. The van der Waals surface area contributed by atoms with Gasteiger partial charge in [0.1, 0.15) is 5.82 Å². The predicted molar refractivity (Wildman–Crippen MR) is 66.2 cm³/mol. The SMILES string of the molecule is CC(NC(=O)C(C)(C)N)c1c(F)cccc1Cl. The van der Waals surface area contributed by atoms with Crippen LogP contribution in [0.15, 0.2) is 18.2 Å². The van der Waals surface area contributed by atoms with Crippen molar-refractivity contribution in [1.82, 2.24) is 5.32 Å². The van der Waals surface area contributed by atoms with E-state index in [4.69, 9.17) is 17.3 Å². The fraction of sp³-hybridized carbons (Fsp3) is 0.417. The van der Waals surface area contributed by atoms with Gasteiger partial charge in [0.15, 0.2) is 0 Å². The lowest BCUT2D eigenvalue weighted by Crippen LogP contribution is -2.49. The molecule has 1 rings (SSSR count). The van der Waals surface area contributed by atoms with Gasteiger partial charge in [-0.05, 0) is 32.9 Å². The van der Waals surface area contributed by atoms with Crippen LogP contribution in [0.25, 0.3) is 0 Å². The number of halogens is 2. The number of nitrogens with two attached hydrogens (primary N) is 1. The van der Waals surface area contributed by atoms with Crippen LogP contribution in [-0.4, -0.2) is 11.4 Å². The van der Waals surface area contributed by atoms with Crippen LogP contribution in [0.4, 0.5) is 4.39 Å². The molecule has 0 radical (unpaired) electrons. The van der Waals surface area contributed by atoms with Crippen molar-refractivity contribution in [3.05, 3.63) is 34.6 Å². The lowest BCUT2D eigenvalue weighted by atomic mass is 10.0. The van der Waals surface area contributed by atoms with Crippen molar-refractivity contribution in [1.29, 1.82) is 0 Å². The Labute approximate surface area is 105 Å². The highest BCUT2D eigenvalue weighted by Crippen LogP contribution is 2.25. The first kappa shape index (κ1) is 13.9. The number of hydrogen-bond acceptors (Lipinski definition) is 2. The number of nitrogens with one attached hydrogen (secondary N) is 1. The Morgan fingerprint density at radius 1 is 1.53 bits per heavy atom. The molecule has 0 aliphatic heterocycles. The Morgan fingerprint density at radius 2 is 2.12 bits per heavy atom. The number of carbonyl (C=O) groups excluding carboxylic acids is 1. The Morgan fingerprint density at radius 3 is 2.59 bits per heavy atom. The normalized spacial score (nSPS) is 13.3. The van der Waals surface area contributed by atoms with Crippen LogP contribution >= 0.6 is 11.6 Å². The second-order valence-corrected chi connectivity index (χ2v) is 4.96. The molecule has 0 aromatic heterocycles. The number of benzene rings is 1. The predicted octanol–water partition coefficient (Wildman–Crippen LogP) is 2.39. The molecule has 1 aromatic rings. The summed E-state index contributed by atoms with van der Waals surface area (Å²) >= 11 is 5.90. The summed E-state index contributed by atoms with van der Waals surface area (Å²) in [5.74, 6) is -0.801. The van der Waals surface area contributed by atoms with E-state index in [2.05, 4.69) is 5.32 Å². The standard InChI is InChI=1S/C12H16ClFN2O/c1-7(16-11(17)12(2,3)15)10-8(13)5-4-6-9(10)14/h4-7H,15H2,1-3H3,(H,16,17). The maximum Gasteiger partial charge on any atom is 0.239 e. The van der Waals surface area contributed by atoms with E-state index in [1.165, 1.54) is 12.1 Å². The van der Waals surface area contributed by atoms with Crippen LogP contribution < -0.4 is 11.1 Å². The van der Waals surface area contributed by atoms with Crippen molar-refractivity contribution in [3.8, 4) is 0 Å². The fourth-order valence-corrected chi connectivity index (χ4v) is 1.71. The maximum absolute atomic E-state index is 13.6. The Kier molecular flexibility index (Phi) is 4.11. The zero-order chi connectivity index (χ0) is 13.2. The summed E-state index contributed by atoms with van der Waals surface area (Å²) in [4.78, 5) is 11.7. The molecule has 0 bridgehead atoms. The Bertz CT molecular complexity index is 409. The van der Waals surface area contributed by atoms with Gasteiger partial charge in [-0.1, -0.05) is 17.7 Å². The second-order valence-electron chi connectivity index (χ2n) is 4.55. The first-order chi connectivity index (χ1) is 7.73. The summed E-state index contributed by atoms with van der Waals surface area (Å²) in [6.45, 7) is 4.82. The highest BCUT2D eigenvalue weighted by molar-refractivity contribution is 6.31. The van der Waals surface area contributed by atoms with Gasteiger partial charge in [0, 0.05) is 10.6 Å². The van der Waals surface area contributed by atoms with Crippen LogP contribution in [0, 0.1) is 5.82 Å². The van der Waals surface area contributed by atoms with E-state index in [0.717, 1.165) is 0 Å². The smallest absolute Gasteiger partial charge is 0.239 e. The summed E-state index contributed by atoms with van der Waals surface area (Å²) in [6.07, 6.45) is 0. The molecule has 17 heavy (non-hydrogen) atoms. The van der Waals surface area contributed by atoms with Crippen molar-refractivity contribution < 1.29 is 9.18 Å². The number of amides is 1. The highest BCUT2D eigenvalue weighted by atomic mass is 35.5. The molecule has 3 N–H and O–H groups in total. The topological polar surface area (TPSA) is 55.1 Å². The van der Waals surface area contributed by atoms with Crippen LogP contribution in [0.5, 0.6) is 0 Å². The van der Waals surface area contributed by atoms with Crippen molar-refractivity contribution in [2.75, 3.05) is 0 Å². The highest BCUT2D eigenvalue weighted by Gasteiger charge is 2.25. The molecule has 0 spiro atoms. The van der Waals surface area contributed by atoms with E-state index < -0.39 is 17.4 Å². The van der Waals surface area contributed by atoms with Gasteiger partial charge in [-0.3, -0.25) is 4.79 Å². The zero-order valence-corrected chi connectivity index (χ0v) is 10.8. The minimum absolute atomic E-state index is 0.270. The molecule has 0 saturated heterocycles. The summed E-state index contributed by atoms with van der Waals surface area (Å²) in [5, 5.41) is 2.91. The fourth-order valence-electron chi connectivity index (χ4n) is 1.38. The minimum atomic E-state index is -1.01. The van der Waals surface area contributed by atoms with Crippen molar-refractivity contribution >= 4 is 17.5 Å². The van der Waals surface area contributed by atoms with Gasteiger partial charge >= 0.3 is 0 Å². The van der Waals surface area contributed by atoms with Crippen LogP contribution in [0.3, 0.4) is 0 Å². The summed E-state index contributed by atoms with van der Waals surface area (Å²) < 4.78 is 13.6. The lowest BCUT2D eigenvalue weighted by molar-refractivity contribution is -0.125. The van der Waals surface area contributed by atoms with E-state index in [1.807, 2.05) is 0 Å². The third-order valence-corrected chi connectivity index (χ3v) is 2.70. The van der Waals surface area contributed by atoms with E-state index in [0.29, 0.717) is 0 Å². The van der Waals surface area contributed by atoms with E-state index in [9.17, 15) is 9.18 Å². The molecule has 3 nitrogen and oxygen atoms in total. The quantitative estimate of drug-likeness (QED) is 0.875. The van der Waals surface area contributed by atoms with E-state index >= 15 is 0 Å². The molecule has 0 heterocycles. The van der Waals surface area contributed by atoms with Gasteiger partial charge in [-0.2, -0.15) is 0 Å². The average molecular weight is 259 g/mol. The summed E-state index contributed by atoms with van der Waals surface area (Å²) in [7, 11) is 0. The molecule has 0 saturated carbocycles. The molecule has 1 aromatic carbocycles. The molecule has 0 fully saturated rings. The molecular weight excluding hydrogens is 243 g/mol. The van der Waals surface area contributed by atoms with Gasteiger partial charge in [-0.25, -0.2) is 4.39 Å². The molecule has 0 aliphatic carbocycles. The maximum atomic E-state index is 13.6. The van der Waals surface area contributed by atoms with Gasteiger partial charge in [0.2, 0.25) is 5.91 Å². The molecule has 1 amide bonds. The number of carbonyl (C=O) groups is 1. The largest absolute Gasteiger partial charge is 0.348 e. The van der Waals surface area contributed by atoms with Gasteiger partial charge in [-0.15, -0.1) is 0 Å². The molecule has 5 heteroatoms. The molecular formula is C12H16ClFN2O. The summed E-state index contributed by atoms with van der Waals surface area (Å²) in [6, 6.07) is 3.87. The van der Waals surface area contributed by atoms with Gasteiger partial charge < -0.3 is 11.1 Å². The minimum Gasteiger partial charge on any atom is -0.348 e. The molecule has 0 aliphatic rings. The summed E-state index contributed by atoms with van der Waals surface area (Å²) in [5.41, 5.74) is 4.90. The van der Waals surface area contributed by atoms with E-state index in [1.54, 1.807) is 26.8 Å². The molecule has 1 atom stereocenters. The zero-order valence-electron chi connectivity index (χ0n) is 10.1. The van der Waals surface area contributed by atoms with Crippen molar-refractivity contribution in [3.63, 3.8) is 0 Å². The molecule has 94 valence electrons. The third kappa shape index (κ3) is 3.41.